The van der Waals surface area contributed by atoms with E-state index in [-0.39, 0.29) is 5.69 Å². The molecule has 15 heavy (non-hydrogen) atoms. The van der Waals surface area contributed by atoms with Gasteiger partial charge in [-0.2, -0.15) is 13.2 Å². The van der Waals surface area contributed by atoms with Crippen LogP contribution in [0.3, 0.4) is 0 Å². The van der Waals surface area contributed by atoms with Gasteiger partial charge in [0.05, 0.1) is 11.8 Å². The molecule has 0 radical (unpaired) electrons. The minimum atomic E-state index is -4.64. The Morgan fingerprint density at radius 2 is 1.80 bits per heavy atom. The van der Waals surface area contributed by atoms with Crippen LogP contribution < -0.4 is 0 Å². The Labute approximate surface area is 86.1 Å². The Morgan fingerprint density at radius 1 is 1.27 bits per heavy atom. The number of nitrogens with zero attached hydrogens (tertiary/aromatic N) is 1. The highest BCUT2D eigenvalue weighted by molar-refractivity contribution is 5.21. The number of hydrogen-bond acceptors (Lipinski definition) is 1. The van der Waals surface area contributed by atoms with Crippen molar-refractivity contribution in [1.29, 1.82) is 0 Å². The zero-order valence-corrected chi connectivity index (χ0v) is 8.82. The van der Waals surface area contributed by atoms with E-state index in [2.05, 4.69) is 4.98 Å². The lowest BCUT2D eigenvalue weighted by atomic mass is 10.2. The van der Waals surface area contributed by atoms with Crippen LogP contribution in [0.15, 0.2) is 12.3 Å². The van der Waals surface area contributed by atoms with Gasteiger partial charge in [-0.25, -0.2) is 4.39 Å². The van der Waals surface area contributed by atoms with Gasteiger partial charge in [-0.1, -0.05) is 20.8 Å². The molecule has 0 spiro atoms. The zero-order chi connectivity index (χ0) is 12.1. The molecule has 0 unspecified atom stereocenters. The van der Waals surface area contributed by atoms with Gasteiger partial charge in [-0.3, -0.25) is 4.98 Å². The standard InChI is InChI=1S/C8H7F4N.C2H6/c1-2-5-3-6(8(10,11)12)7(9)4-13-5;1-2/h3-4H,2H2,1H3;1-2H3. The molecule has 0 amide bonds. The molecule has 0 aliphatic carbocycles. The monoisotopic (exact) mass is 223 g/mol. The van der Waals surface area contributed by atoms with Crippen molar-refractivity contribution in [1.82, 2.24) is 4.98 Å². The Kier molecular flexibility index (Phi) is 5.25. The molecular weight excluding hydrogens is 210 g/mol. The first-order valence-electron chi connectivity index (χ1n) is 4.66. The fourth-order valence-corrected chi connectivity index (χ4v) is 0.893. The van der Waals surface area contributed by atoms with Crippen LogP contribution >= 0.6 is 0 Å². The molecule has 0 N–H and O–H groups in total. The summed E-state index contributed by atoms with van der Waals surface area (Å²) in [5, 5.41) is 0. The molecule has 1 rings (SSSR count). The Balaban J connectivity index is 0.000000921. The normalized spacial score (nSPS) is 10.6. The fraction of sp³-hybridized carbons (Fsp3) is 0.500. The van der Waals surface area contributed by atoms with Crippen molar-refractivity contribution in [3.05, 3.63) is 29.3 Å². The first kappa shape index (κ1) is 13.9. The number of hydrogen-bond donors (Lipinski definition) is 0. The molecule has 0 saturated carbocycles. The lowest BCUT2D eigenvalue weighted by Gasteiger charge is -2.08. The molecule has 0 saturated heterocycles. The molecule has 1 aromatic heterocycles. The largest absolute Gasteiger partial charge is 0.419 e. The maximum Gasteiger partial charge on any atom is 0.419 e. The number of pyridine rings is 1. The lowest BCUT2D eigenvalue weighted by Crippen LogP contribution is -2.09. The Morgan fingerprint density at radius 3 is 2.20 bits per heavy atom. The van der Waals surface area contributed by atoms with Crippen LogP contribution in [0.4, 0.5) is 17.6 Å². The molecule has 1 aromatic rings. The summed E-state index contributed by atoms with van der Waals surface area (Å²) >= 11 is 0. The van der Waals surface area contributed by atoms with Crippen LogP contribution in [-0.4, -0.2) is 4.98 Å². The van der Waals surface area contributed by atoms with E-state index in [1.807, 2.05) is 13.8 Å². The minimum Gasteiger partial charge on any atom is -0.258 e. The van der Waals surface area contributed by atoms with Gasteiger partial charge in [0.15, 0.2) is 5.82 Å². The van der Waals surface area contributed by atoms with Crippen molar-refractivity contribution < 1.29 is 17.6 Å². The second-order valence-electron chi connectivity index (χ2n) is 2.51. The number of aromatic nitrogens is 1. The van der Waals surface area contributed by atoms with Crippen LogP contribution in [0.1, 0.15) is 32.0 Å². The predicted molar refractivity (Wildman–Crippen MR) is 49.9 cm³/mol. The second kappa shape index (κ2) is 5.68. The van der Waals surface area contributed by atoms with E-state index >= 15 is 0 Å². The van der Waals surface area contributed by atoms with Crippen molar-refractivity contribution >= 4 is 0 Å². The van der Waals surface area contributed by atoms with E-state index in [1.54, 1.807) is 6.92 Å². The van der Waals surface area contributed by atoms with Crippen LogP contribution in [0.5, 0.6) is 0 Å². The third-order valence-corrected chi connectivity index (χ3v) is 1.58. The van der Waals surface area contributed by atoms with Crippen LogP contribution in [0.25, 0.3) is 0 Å². The van der Waals surface area contributed by atoms with Gasteiger partial charge < -0.3 is 0 Å². The van der Waals surface area contributed by atoms with E-state index < -0.39 is 17.6 Å². The van der Waals surface area contributed by atoms with Gasteiger partial charge >= 0.3 is 6.18 Å². The smallest absolute Gasteiger partial charge is 0.258 e. The number of rotatable bonds is 1. The van der Waals surface area contributed by atoms with E-state index in [0.717, 1.165) is 6.07 Å². The molecule has 5 heteroatoms. The third kappa shape index (κ3) is 3.85. The van der Waals surface area contributed by atoms with Gasteiger partial charge in [-0.05, 0) is 12.5 Å². The van der Waals surface area contributed by atoms with Gasteiger partial charge in [0.1, 0.15) is 0 Å². The molecule has 0 atom stereocenters. The highest BCUT2D eigenvalue weighted by Gasteiger charge is 2.34. The number of aryl methyl sites for hydroxylation is 1. The van der Waals surface area contributed by atoms with Crippen LogP contribution in [0, 0.1) is 5.82 Å². The van der Waals surface area contributed by atoms with Gasteiger partial charge in [0.2, 0.25) is 0 Å². The van der Waals surface area contributed by atoms with Gasteiger partial charge in [0, 0.05) is 5.69 Å². The summed E-state index contributed by atoms with van der Waals surface area (Å²) in [6, 6.07) is 0.731. The molecule has 0 fully saturated rings. The summed E-state index contributed by atoms with van der Waals surface area (Å²) in [4.78, 5) is 3.50. The first-order valence-corrected chi connectivity index (χ1v) is 4.66. The fourth-order valence-electron chi connectivity index (χ4n) is 0.893. The van der Waals surface area contributed by atoms with Crippen molar-refractivity contribution in [2.45, 2.75) is 33.4 Å². The van der Waals surface area contributed by atoms with Crippen molar-refractivity contribution in [3.8, 4) is 0 Å². The average molecular weight is 223 g/mol. The lowest BCUT2D eigenvalue weighted by molar-refractivity contribution is -0.140. The molecule has 0 aliphatic heterocycles. The summed E-state index contributed by atoms with van der Waals surface area (Å²) in [5.41, 5.74) is -1.02. The number of alkyl halides is 3. The average Bonchev–Trinajstić information content (AvgIpc) is 2.20. The van der Waals surface area contributed by atoms with Gasteiger partial charge in [0.25, 0.3) is 0 Å². The Bertz CT molecular complexity index is 307. The van der Waals surface area contributed by atoms with Crippen molar-refractivity contribution in [2.24, 2.45) is 0 Å². The van der Waals surface area contributed by atoms with E-state index in [4.69, 9.17) is 0 Å². The Hall–Kier alpha value is -1.13. The first-order chi connectivity index (χ1) is 6.95. The molecule has 0 aromatic carbocycles. The van der Waals surface area contributed by atoms with E-state index in [1.165, 1.54) is 0 Å². The molecular formula is C10H13F4N. The summed E-state index contributed by atoms with van der Waals surface area (Å²) in [7, 11) is 0. The van der Waals surface area contributed by atoms with Crippen LogP contribution in [-0.2, 0) is 12.6 Å². The van der Waals surface area contributed by atoms with Gasteiger partial charge in [-0.15, -0.1) is 0 Å². The molecule has 1 heterocycles. The molecule has 1 nitrogen and oxygen atoms in total. The third-order valence-electron chi connectivity index (χ3n) is 1.58. The van der Waals surface area contributed by atoms with E-state index in [9.17, 15) is 17.6 Å². The zero-order valence-electron chi connectivity index (χ0n) is 8.82. The number of halogens is 4. The maximum absolute atomic E-state index is 12.6. The minimum absolute atomic E-state index is 0.230. The molecule has 0 aliphatic rings. The summed E-state index contributed by atoms with van der Waals surface area (Å²) in [6.45, 7) is 5.65. The molecule has 0 bridgehead atoms. The van der Waals surface area contributed by atoms with Crippen molar-refractivity contribution in [2.75, 3.05) is 0 Å². The highest BCUT2D eigenvalue weighted by Crippen LogP contribution is 2.31. The summed E-state index contributed by atoms with van der Waals surface area (Å²) in [5.74, 6) is -1.33. The SMILES string of the molecule is CC.CCc1cc(C(F)(F)F)c(F)cn1. The topological polar surface area (TPSA) is 12.9 Å². The van der Waals surface area contributed by atoms with Crippen molar-refractivity contribution in [3.63, 3.8) is 0 Å². The quantitative estimate of drug-likeness (QED) is 0.659. The maximum atomic E-state index is 12.6. The van der Waals surface area contributed by atoms with Crippen LogP contribution in [0.2, 0.25) is 0 Å². The summed E-state index contributed by atoms with van der Waals surface area (Å²) in [6.07, 6.45) is -3.69. The molecule has 86 valence electrons. The highest BCUT2D eigenvalue weighted by atomic mass is 19.4. The van der Waals surface area contributed by atoms with E-state index in [0.29, 0.717) is 12.6 Å². The predicted octanol–water partition coefficient (Wildman–Crippen LogP) is 3.83. The second-order valence-corrected chi connectivity index (χ2v) is 2.51. The summed E-state index contributed by atoms with van der Waals surface area (Å²) < 4.78 is 48.9.